The zero-order valence-electron chi connectivity index (χ0n) is 13.1. The molecule has 0 radical (unpaired) electrons. The molecule has 0 atom stereocenters. The fraction of sp³-hybridized carbons (Fsp3) is 0.0952. The van der Waals surface area contributed by atoms with E-state index in [1.165, 1.54) is 5.56 Å². The van der Waals surface area contributed by atoms with Crippen molar-refractivity contribution in [3.05, 3.63) is 112 Å². The number of rotatable bonds is 4. The molecule has 0 aromatic heterocycles. The van der Waals surface area contributed by atoms with Crippen LogP contribution in [-0.4, -0.2) is 11.0 Å². The average Bonchev–Trinajstić information content (AvgIpc) is 2.59. The first-order valence-electron chi connectivity index (χ1n) is 7.71. The van der Waals surface area contributed by atoms with E-state index in [0.29, 0.717) is 0 Å². The van der Waals surface area contributed by atoms with E-state index in [4.69, 9.17) is 0 Å². The third-order valence-corrected chi connectivity index (χ3v) is 3.84. The summed E-state index contributed by atoms with van der Waals surface area (Å²) in [7, 11) is 0. The zero-order chi connectivity index (χ0) is 16.1. The van der Waals surface area contributed by atoms with Gasteiger partial charge in [-0.25, -0.2) is 0 Å². The minimum Gasteiger partial charge on any atom is -0.623 e. The van der Waals surface area contributed by atoms with E-state index in [-0.39, 0.29) is 6.04 Å². The summed E-state index contributed by atoms with van der Waals surface area (Å²) >= 11 is 0. The van der Waals surface area contributed by atoms with E-state index in [0.717, 1.165) is 21.4 Å². The van der Waals surface area contributed by atoms with E-state index in [2.05, 4.69) is 0 Å². The highest BCUT2D eigenvalue weighted by Crippen LogP contribution is 2.25. The molecule has 3 aromatic carbocycles. The Labute approximate surface area is 136 Å². The van der Waals surface area contributed by atoms with E-state index in [9.17, 15) is 5.21 Å². The lowest BCUT2D eigenvalue weighted by Gasteiger charge is -2.18. The zero-order valence-corrected chi connectivity index (χ0v) is 13.1. The Morgan fingerprint density at radius 3 is 1.70 bits per heavy atom. The first-order valence-corrected chi connectivity index (χ1v) is 7.71. The molecule has 3 rings (SSSR count). The van der Waals surface area contributed by atoms with Gasteiger partial charge in [-0.1, -0.05) is 78.4 Å². The number of hydroxylamine groups is 1. The molecule has 0 aliphatic carbocycles. The first-order chi connectivity index (χ1) is 11.2. The molecule has 0 spiro atoms. The summed E-state index contributed by atoms with van der Waals surface area (Å²) in [5, 5.41) is 12.9. The van der Waals surface area contributed by atoms with Crippen molar-refractivity contribution in [1.82, 2.24) is 0 Å². The fourth-order valence-corrected chi connectivity index (χ4v) is 2.63. The van der Waals surface area contributed by atoms with E-state index >= 15 is 0 Å². The number of benzene rings is 3. The van der Waals surface area contributed by atoms with Gasteiger partial charge in [-0.2, -0.15) is 4.74 Å². The molecule has 23 heavy (non-hydrogen) atoms. The van der Waals surface area contributed by atoms with Crippen molar-refractivity contribution in [2.75, 3.05) is 0 Å². The predicted octanol–water partition coefficient (Wildman–Crippen LogP) is 4.71. The minimum atomic E-state index is -0.348. The number of hydrogen-bond donors (Lipinski definition) is 0. The molecule has 2 heteroatoms. The highest BCUT2D eigenvalue weighted by molar-refractivity contribution is 5.75. The Morgan fingerprint density at radius 2 is 1.22 bits per heavy atom. The average molecular weight is 301 g/mol. The molecular weight excluding hydrogens is 282 g/mol. The van der Waals surface area contributed by atoms with Crippen LogP contribution in [0.1, 0.15) is 28.3 Å². The van der Waals surface area contributed by atoms with Crippen LogP contribution in [0.4, 0.5) is 0 Å². The third kappa shape index (κ3) is 3.67. The lowest BCUT2D eigenvalue weighted by atomic mass is 9.99. The summed E-state index contributed by atoms with van der Waals surface area (Å²) in [6.45, 7) is 2.04. The summed E-state index contributed by atoms with van der Waals surface area (Å²) in [4.78, 5) is 0. The molecule has 0 saturated carbocycles. The maximum atomic E-state index is 12.9. The second-order valence-corrected chi connectivity index (χ2v) is 5.62. The van der Waals surface area contributed by atoms with Gasteiger partial charge in [-0.3, -0.25) is 0 Å². The van der Waals surface area contributed by atoms with Crippen molar-refractivity contribution in [2.45, 2.75) is 13.0 Å². The van der Waals surface area contributed by atoms with Gasteiger partial charge in [0.15, 0.2) is 6.21 Å². The molecular formula is C21H19NO. The summed E-state index contributed by atoms with van der Waals surface area (Å²) in [6.07, 6.45) is 1.66. The fourth-order valence-electron chi connectivity index (χ4n) is 2.63. The predicted molar refractivity (Wildman–Crippen MR) is 94.7 cm³/mol. The maximum Gasteiger partial charge on any atom is 0.213 e. The maximum absolute atomic E-state index is 12.9. The van der Waals surface area contributed by atoms with Gasteiger partial charge in [0.2, 0.25) is 6.04 Å². The molecule has 0 bridgehead atoms. The summed E-state index contributed by atoms with van der Waals surface area (Å²) < 4.78 is 1.04. The van der Waals surface area contributed by atoms with E-state index in [1.807, 2.05) is 91.9 Å². The summed E-state index contributed by atoms with van der Waals surface area (Å²) in [5.41, 5.74) is 4.05. The largest absolute Gasteiger partial charge is 0.623 e. The van der Waals surface area contributed by atoms with Gasteiger partial charge < -0.3 is 5.21 Å². The van der Waals surface area contributed by atoms with Crippen LogP contribution in [0.5, 0.6) is 0 Å². The molecule has 0 aliphatic rings. The third-order valence-electron chi connectivity index (χ3n) is 3.84. The van der Waals surface area contributed by atoms with Crippen molar-refractivity contribution in [1.29, 1.82) is 0 Å². The molecule has 2 nitrogen and oxygen atoms in total. The molecule has 0 saturated heterocycles. The molecule has 0 unspecified atom stereocenters. The normalized spacial score (nSPS) is 11.7. The van der Waals surface area contributed by atoms with Crippen LogP contribution in [0.2, 0.25) is 0 Å². The molecule has 3 aromatic rings. The Bertz CT molecular complexity index is 738. The highest BCUT2D eigenvalue weighted by atomic mass is 16.5. The standard InChI is InChI=1S/C21H19NO/c1-17-12-14-18(15-13-17)16-22(23)21(19-8-4-2-5-9-19)20-10-6-3-7-11-20/h2-16,21H,1H3/b22-16-. The second-order valence-electron chi connectivity index (χ2n) is 5.62. The van der Waals surface area contributed by atoms with Gasteiger partial charge >= 0.3 is 0 Å². The van der Waals surface area contributed by atoms with Crippen LogP contribution in [-0.2, 0) is 0 Å². The van der Waals surface area contributed by atoms with Crippen molar-refractivity contribution < 1.29 is 4.74 Å². The molecule has 0 amide bonds. The Morgan fingerprint density at radius 1 is 0.739 bits per heavy atom. The van der Waals surface area contributed by atoms with Crippen molar-refractivity contribution in [2.24, 2.45) is 0 Å². The smallest absolute Gasteiger partial charge is 0.213 e. The molecule has 114 valence electrons. The van der Waals surface area contributed by atoms with Crippen LogP contribution in [0.25, 0.3) is 0 Å². The van der Waals surface area contributed by atoms with Crippen LogP contribution >= 0.6 is 0 Å². The quantitative estimate of drug-likeness (QED) is 0.296. The second kappa shape index (κ2) is 6.93. The molecule has 0 fully saturated rings. The van der Waals surface area contributed by atoms with Gasteiger partial charge in [0.1, 0.15) is 0 Å². The van der Waals surface area contributed by atoms with Crippen LogP contribution in [0.15, 0.2) is 84.9 Å². The topological polar surface area (TPSA) is 26.1 Å². The molecule has 0 aliphatic heterocycles. The van der Waals surface area contributed by atoms with Gasteiger partial charge in [-0.05, 0) is 19.1 Å². The molecule has 0 N–H and O–H groups in total. The van der Waals surface area contributed by atoms with E-state index in [1.54, 1.807) is 6.21 Å². The van der Waals surface area contributed by atoms with Gasteiger partial charge in [0.25, 0.3) is 0 Å². The van der Waals surface area contributed by atoms with Crippen molar-refractivity contribution in [3.63, 3.8) is 0 Å². The lowest BCUT2D eigenvalue weighted by molar-refractivity contribution is -0.490. The number of aryl methyl sites for hydroxylation is 1. The Balaban J connectivity index is 2.03. The van der Waals surface area contributed by atoms with Crippen molar-refractivity contribution >= 4 is 6.21 Å². The lowest BCUT2D eigenvalue weighted by Crippen LogP contribution is -2.16. The van der Waals surface area contributed by atoms with Gasteiger partial charge in [-0.15, -0.1) is 0 Å². The Kier molecular flexibility index (Phi) is 4.53. The highest BCUT2D eigenvalue weighted by Gasteiger charge is 2.21. The first kappa shape index (κ1) is 15.0. The Hall–Kier alpha value is -2.87. The summed E-state index contributed by atoms with van der Waals surface area (Å²) in [5.74, 6) is 0. The number of hydrogen-bond acceptors (Lipinski definition) is 1. The van der Waals surface area contributed by atoms with Crippen LogP contribution in [0, 0.1) is 12.1 Å². The van der Waals surface area contributed by atoms with Gasteiger partial charge in [0.05, 0.1) is 0 Å². The van der Waals surface area contributed by atoms with Crippen LogP contribution in [0.3, 0.4) is 0 Å². The van der Waals surface area contributed by atoms with Crippen LogP contribution < -0.4 is 0 Å². The SMILES string of the molecule is Cc1ccc(/C=[N+](\[O-])C(c2ccccc2)c2ccccc2)cc1. The van der Waals surface area contributed by atoms with E-state index < -0.39 is 0 Å². The summed E-state index contributed by atoms with van der Waals surface area (Å²) in [6, 6.07) is 27.4. The molecule has 0 heterocycles. The van der Waals surface area contributed by atoms with Crippen molar-refractivity contribution in [3.8, 4) is 0 Å². The minimum absolute atomic E-state index is 0.348. The monoisotopic (exact) mass is 301 g/mol. The number of nitrogens with zero attached hydrogens (tertiary/aromatic N) is 1. The van der Waals surface area contributed by atoms with Gasteiger partial charge in [0, 0.05) is 16.7 Å².